The number of ether oxygens (including phenoxy) is 1. The minimum Gasteiger partial charge on any atom is -0.618 e. The normalized spacial score (nSPS) is 16.1. The number of benzene rings is 2. The van der Waals surface area contributed by atoms with E-state index in [4.69, 9.17) is 11.6 Å². The predicted octanol–water partition coefficient (Wildman–Crippen LogP) is 3.68. The molecule has 40 heavy (non-hydrogen) atoms. The van der Waals surface area contributed by atoms with E-state index in [1.807, 2.05) is 31.2 Å². The molecule has 12 nitrogen and oxygen atoms in total. The molecule has 0 saturated heterocycles. The average Bonchev–Trinajstić information content (AvgIpc) is 3.69. The summed E-state index contributed by atoms with van der Waals surface area (Å²) in [5, 5.41) is 39.5. The fourth-order valence-electron chi connectivity index (χ4n) is 5.05. The van der Waals surface area contributed by atoms with Crippen LogP contribution in [0.4, 0.5) is 10.5 Å². The van der Waals surface area contributed by atoms with Crippen LogP contribution in [0.3, 0.4) is 0 Å². The van der Waals surface area contributed by atoms with Crippen molar-refractivity contribution >= 4 is 23.4 Å². The number of carbonyl (C=O) groups excluding carboxylic acids is 1. The van der Waals surface area contributed by atoms with Crippen LogP contribution in [0.2, 0.25) is 5.15 Å². The number of methoxy groups -OCH3 is 1. The molecule has 0 spiro atoms. The van der Waals surface area contributed by atoms with Gasteiger partial charge >= 0.3 is 6.09 Å². The summed E-state index contributed by atoms with van der Waals surface area (Å²) in [6.45, 7) is 1.96. The van der Waals surface area contributed by atoms with E-state index < -0.39 is 11.7 Å². The number of aromatic amines is 1. The molecule has 5 aromatic rings. The first-order chi connectivity index (χ1) is 19.3. The molecule has 13 heteroatoms. The fourth-order valence-corrected chi connectivity index (χ4v) is 5.29. The summed E-state index contributed by atoms with van der Waals surface area (Å²) in [5.41, 5.74) is 4.00. The van der Waals surface area contributed by atoms with Crippen molar-refractivity contribution in [1.29, 1.82) is 0 Å². The molecule has 3 N–H and O–H groups in total. The van der Waals surface area contributed by atoms with Crippen molar-refractivity contribution in [2.75, 3.05) is 12.4 Å². The van der Waals surface area contributed by atoms with Gasteiger partial charge in [0, 0.05) is 27.9 Å². The number of H-pyrrole nitrogens is 1. The first-order valence-electron chi connectivity index (χ1n) is 12.3. The summed E-state index contributed by atoms with van der Waals surface area (Å²) in [6, 6.07) is 14.5. The Morgan fingerprint density at radius 2 is 2.02 bits per heavy atom. The molecule has 202 valence electrons. The molecule has 1 atom stereocenters. The minimum absolute atomic E-state index is 0.172. The zero-order valence-electron chi connectivity index (χ0n) is 21.4. The van der Waals surface area contributed by atoms with E-state index in [-0.39, 0.29) is 23.1 Å². The van der Waals surface area contributed by atoms with Crippen LogP contribution in [0.5, 0.6) is 0 Å². The maximum absolute atomic E-state index is 13.5. The van der Waals surface area contributed by atoms with Gasteiger partial charge in [-0.05, 0) is 60.5 Å². The van der Waals surface area contributed by atoms with Crippen molar-refractivity contribution < 1.29 is 19.4 Å². The van der Waals surface area contributed by atoms with E-state index in [0.29, 0.717) is 39.2 Å². The fraction of sp³-hybridized carbons (Fsp3) is 0.185. The monoisotopic (exact) mass is 558 g/mol. The third-order valence-corrected chi connectivity index (χ3v) is 7.23. The van der Waals surface area contributed by atoms with Crippen molar-refractivity contribution in [3.8, 4) is 28.1 Å². The number of tetrazole rings is 1. The van der Waals surface area contributed by atoms with Gasteiger partial charge in [0.05, 0.1) is 12.8 Å². The summed E-state index contributed by atoms with van der Waals surface area (Å²) in [4.78, 5) is 19.0. The van der Waals surface area contributed by atoms with Gasteiger partial charge in [0.15, 0.2) is 12.0 Å². The number of pyridine rings is 1. The third-order valence-electron chi connectivity index (χ3n) is 6.96. The highest BCUT2D eigenvalue weighted by atomic mass is 35.5. The van der Waals surface area contributed by atoms with Crippen LogP contribution < -0.4 is 10.0 Å². The van der Waals surface area contributed by atoms with E-state index >= 15 is 0 Å². The number of aryl methyl sites for hydroxylation is 2. The van der Waals surface area contributed by atoms with Crippen molar-refractivity contribution in [2.24, 2.45) is 0 Å². The van der Waals surface area contributed by atoms with Crippen LogP contribution >= 0.6 is 11.6 Å². The Morgan fingerprint density at radius 1 is 1.23 bits per heavy atom. The van der Waals surface area contributed by atoms with E-state index in [1.165, 1.54) is 24.3 Å². The Labute approximate surface area is 232 Å². The molecule has 0 bridgehead atoms. The Bertz CT molecular complexity index is 1740. The van der Waals surface area contributed by atoms with E-state index in [1.54, 1.807) is 24.3 Å². The number of amides is 1. The molecule has 0 fully saturated rings. The molecule has 6 rings (SSSR count). The van der Waals surface area contributed by atoms with Gasteiger partial charge < -0.3 is 20.0 Å². The zero-order valence-corrected chi connectivity index (χ0v) is 22.2. The first-order valence-corrected chi connectivity index (χ1v) is 12.7. The first kappa shape index (κ1) is 25.5. The van der Waals surface area contributed by atoms with E-state index in [0.717, 1.165) is 16.8 Å². The van der Waals surface area contributed by atoms with E-state index in [9.17, 15) is 15.1 Å². The highest BCUT2D eigenvalue weighted by Gasteiger charge is 2.49. The van der Waals surface area contributed by atoms with Gasteiger partial charge in [-0.1, -0.05) is 35.4 Å². The third kappa shape index (κ3) is 4.32. The highest BCUT2D eigenvalue weighted by molar-refractivity contribution is 6.31. The number of aromatic nitrogens is 7. The molecule has 1 aliphatic rings. The number of anilines is 1. The highest BCUT2D eigenvalue weighted by Crippen LogP contribution is 2.42. The molecular formula is C27H23ClN8O4. The molecule has 1 amide bonds. The number of hydrogen-bond acceptors (Lipinski definition) is 8. The lowest BCUT2D eigenvalue weighted by Gasteiger charge is -2.20. The number of hydrogen-bond donors (Lipinski definition) is 3. The average molecular weight is 559 g/mol. The second-order valence-corrected chi connectivity index (χ2v) is 9.88. The maximum Gasteiger partial charge on any atom is 0.411 e. The molecule has 1 unspecified atom stereocenters. The molecule has 0 radical (unpaired) electrons. The molecular weight excluding hydrogens is 536 g/mol. The maximum atomic E-state index is 13.5. The Hall–Kier alpha value is -4.81. The molecule has 0 saturated carbocycles. The van der Waals surface area contributed by atoms with Gasteiger partial charge in [-0.3, -0.25) is 5.32 Å². The van der Waals surface area contributed by atoms with Crippen LogP contribution in [0.15, 0.2) is 61.1 Å². The van der Waals surface area contributed by atoms with Gasteiger partial charge in [-0.2, -0.15) is 9.41 Å². The van der Waals surface area contributed by atoms with Crippen molar-refractivity contribution in [3.05, 3.63) is 94.1 Å². The van der Waals surface area contributed by atoms with Gasteiger partial charge in [0.25, 0.3) is 0 Å². The molecule has 1 aliphatic carbocycles. The number of halogens is 1. The number of nitrogens with zero attached hydrogens (tertiary/aromatic N) is 6. The number of imidazole rings is 1. The number of rotatable bonds is 5. The number of carbonyl (C=O) groups is 1. The Kier molecular flexibility index (Phi) is 6.20. The van der Waals surface area contributed by atoms with E-state index in [2.05, 4.69) is 35.5 Å². The van der Waals surface area contributed by atoms with Gasteiger partial charge in [0.2, 0.25) is 11.3 Å². The summed E-state index contributed by atoms with van der Waals surface area (Å²) in [7, 11) is 1.28. The molecule has 3 heterocycles. The molecule has 2 aromatic carbocycles. The molecule has 0 aliphatic heterocycles. The van der Waals surface area contributed by atoms with Crippen molar-refractivity contribution in [3.63, 3.8) is 0 Å². The summed E-state index contributed by atoms with van der Waals surface area (Å²) < 4.78 is 6.85. The smallest absolute Gasteiger partial charge is 0.411 e. The molecule has 3 aromatic heterocycles. The number of nitrogens with one attached hydrogen (secondary N) is 2. The van der Waals surface area contributed by atoms with Crippen LogP contribution in [0.25, 0.3) is 28.1 Å². The lowest BCUT2D eigenvalue weighted by molar-refractivity contribution is -0.620. The Morgan fingerprint density at radius 3 is 2.75 bits per heavy atom. The van der Waals surface area contributed by atoms with Gasteiger partial charge in [-0.25, -0.2) is 9.78 Å². The quantitative estimate of drug-likeness (QED) is 0.218. The van der Waals surface area contributed by atoms with Crippen LogP contribution in [-0.4, -0.2) is 48.5 Å². The lowest BCUT2D eigenvalue weighted by Crippen LogP contribution is -2.42. The topological polar surface area (TPSA) is 158 Å². The number of aliphatic hydroxyl groups is 1. The Balaban J connectivity index is 1.36. The van der Waals surface area contributed by atoms with Crippen molar-refractivity contribution in [2.45, 2.75) is 25.4 Å². The lowest BCUT2D eigenvalue weighted by atomic mass is 9.98. The second-order valence-electron chi connectivity index (χ2n) is 9.51. The summed E-state index contributed by atoms with van der Waals surface area (Å²) >= 11 is 6.50. The largest absolute Gasteiger partial charge is 0.618 e. The zero-order chi connectivity index (χ0) is 28.0. The number of fused-ring (bicyclic) bond motifs is 1. The standard InChI is InChI=1S/C27H23ClN8O4/c1-15-3-8-21(35-14-29-33-34-35)20(11-15)18-12-17-9-10-27(38,23(17)36(39)13-18)25-31-22(24(28)32-25)16-4-6-19(7-5-16)30-26(37)40-2/h3-8,11-14,38H,9-10H2,1-2H3,(H,30,37)(H,31,32). The predicted molar refractivity (Wildman–Crippen MR) is 145 cm³/mol. The minimum atomic E-state index is -1.67. The van der Waals surface area contributed by atoms with Crippen LogP contribution in [0.1, 0.15) is 29.1 Å². The van der Waals surface area contributed by atoms with Crippen molar-refractivity contribution in [1.82, 2.24) is 30.2 Å². The summed E-state index contributed by atoms with van der Waals surface area (Å²) in [5.74, 6) is 0.172. The SMILES string of the molecule is COC(=O)Nc1ccc(-c2nc(C3(O)CCc4cc(-c5cc(C)ccc5-n5cnnn5)c[n+]([O-])c43)[nH]c2Cl)cc1. The second kappa shape index (κ2) is 9.74. The van der Waals surface area contributed by atoms with Crippen LogP contribution in [-0.2, 0) is 16.8 Å². The summed E-state index contributed by atoms with van der Waals surface area (Å²) in [6.07, 6.45) is 3.05. The van der Waals surface area contributed by atoms with Gasteiger partial charge in [0.1, 0.15) is 17.2 Å². The van der Waals surface area contributed by atoms with Gasteiger partial charge in [-0.15, -0.1) is 5.10 Å². The van der Waals surface area contributed by atoms with Crippen LogP contribution in [0, 0.1) is 12.1 Å².